The summed E-state index contributed by atoms with van der Waals surface area (Å²) in [6.07, 6.45) is 2.00. The number of carboxylic acid groups (broad SMARTS) is 1. The monoisotopic (exact) mass is 279 g/mol. The Morgan fingerprint density at radius 1 is 1.40 bits per heavy atom. The third kappa shape index (κ3) is 3.69. The van der Waals surface area contributed by atoms with Crippen molar-refractivity contribution in [3.05, 3.63) is 23.9 Å². The van der Waals surface area contributed by atoms with Crippen LogP contribution in [0.25, 0.3) is 0 Å². The van der Waals surface area contributed by atoms with Gasteiger partial charge in [0.05, 0.1) is 11.0 Å². The summed E-state index contributed by atoms with van der Waals surface area (Å²) in [4.78, 5) is 28.5. The van der Waals surface area contributed by atoms with Gasteiger partial charge < -0.3 is 15.3 Å². The molecule has 20 heavy (non-hydrogen) atoms. The van der Waals surface area contributed by atoms with Crippen LogP contribution in [-0.2, 0) is 4.79 Å². The minimum absolute atomic E-state index is 0.118. The van der Waals surface area contributed by atoms with Gasteiger partial charge in [-0.15, -0.1) is 0 Å². The second-order valence-electron chi connectivity index (χ2n) is 5.20. The molecule has 1 rings (SSSR count). The van der Waals surface area contributed by atoms with Crippen LogP contribution in [0.4, 0.5) is 5.82 Å². The molecule has 0 aromatic carbocycles. The third-order valence-corrected chi connectivity index (χ3v) is 3.37. The molecule has 0 radical (unpaired) electrons. The number of anilines is 1. The van der Waals surface area contributed by atoms with Gasteiger partial charge in [-0.3, -0.25) is 9.59 Å². The number of rotatable bonds is 6. The minimum atomic E-state index is -0.841. The first-order valence-corrected chi connectivity index (χ1v) is 6.45. The Kier molecular flexibility index (Phi) is 5.07. The summed E-state index contributed by atoms with van der Waals surface area (Å²) in [6.45, 7) is 3.81. The summed E-state index contributed by atoms with van der Waals surface area (Å²) in [5, 5.41) is 12.2. The summed E-state index contributed by atoms with van der Waals surface area (Å²) in [5.41, 5.74) is -0.336. The highest BCUT2D eigenvalue weighted by atomic mass is 16.4. The topological polar surface area (TPSA) is 82.5 Å². The molecule has 2 N–H and O–H groups in total. The molecule has 1 heterocycles. The highest BCUT2D eigenvalue weighted by Gasteiger charge is 2.30. The summed E-state index contributed by atoms with van der Waals surface area (Å²) >= 11 is 0. The van der Waals surface area contributed by atoms with Gasteiger partial charge in [-0.1, -0.05) is 6.92 Å². The first-order chi connectivity index (χ1) is 9.30. The van der Waals surface area contributed by atoms with E-state index in [1.165, 1.54) is 11.1 Å². The number of aliphatic carboxylic acids is 1. The number of carbonyl (C=O) groups excluding carboxylic acids is 1. The molecule has 1 aromatic rings. The molecule has 0 saturated carbocycles. The molecule has 0 spiro atoms. The van der Waals surface area contributed by atoms with Crippen LogP contribution in [0.1, 0.15) is 30.6 Å². The number of pyridine rings is 1. The molecule has 1 unspecified atom stereocenters. The highest BCUT2D eigenvalue weighted by molar-refractivity contribution is 5.93. The molecular weight excluding hydrogens is 258 g/mol. The van der Waals surface area contributed by atoms with Gasteiger partial charge in [0.2, 0.25) is 0 Å². The fraction of sp³-hybridized carbons (Fsp3) is 0.500. The van der Waals surface area contributed by atoms with Crippen LogP contribution in [0.3, 0.4) is 0 Å². The molecule has 110 valence electrons. The number of amides is 1. The number of carbonyl (C=O) groups is 2. The van der Waals surface area contributed by atoms with Crippen molar-refractivity contribution in [1.82, 2.24) is 9.88 Å². The average Bonchev–Trinajstić information content (AvgIpc) is 2.44. The Bertz CT molecular complexity index is 485. The maximum absolute atomic E-state index is 11.7. The van der Waals surface area contributed by atoms with E-state index >= 15 is 0 Å². The van der Waals surface area contributed by atoms with Gasteiger partial charge in [0.15, 0.2) is 0 Å². The van der Waals surface area contributed by atoms with E-state index in [1.807, 2.05) is 6.92 Å². The molecule has 0 saturated heterocycles. The van der Waals surface area contributed by atoms with Crippen LogP contribution in [-0.4, -0.2) is 47.5 Å². The molecule has 0 aliphatic carbocycles. The molecule has 1 aromatic heterocycles. The Labute approximate surface area is 118 Å². The number of nitrogens with one attached hydrogen (secondary N) is 1. The van der Waals surface area contributed by atoms with E-state index in [4.69, 9.17) is 0 Å². The number of hydrogen-bond donors (Lipinski definition) is 2. The molecule has 1 atom stereocenters. The van der Waals surface area contributed by atoms with Crippen molar-refractivity contribution >= 4 is 17.7 Å². The van der Waals surface area contributed by atoms with Crippen LogP contribution < -0.4 is 5.32 Å². The van der Waals surface area contributed by atoms with Gasteiger partial charge in [0, 0.05) is 26.8 Å². The van der Waals surface area contributed by atoms with Crippen LogP contribution in [0.2, 0.25) is 0 Å². The Morgan fingerprint density at radius 3 is 2.45 bits per heavy atom. The fourth-order valence-electron chi connectivity index (χ4n) is 1.52. The van der Waals surface area contributed by atoms with E-state index in [2.05, 4.69) is 10.3 Å². The molecule has 1 amide bonds. The van der Waals surface area contributed by atoms with Crippen LogP contribution >= 0.6 is 0 Å². The van der Waals surface area contributed by atoms with Gasteiger partial charge in [-0.05, 0) is 25.5 Å². The van der Waals surface area contributed by atoms with Crippen molar-refractivity contribution in [3.63, 3.8) is 0 Å². The number of aromatic nitrogens is 1. The summed E-state index contributed by atoms with van der Waals surface area (Å²) in [7, 11) is 3.35. The lowest BCUT2D eigenvalue weighted by atomic mass is 9.88. The zero-order chi connectivity index (χ0) is 15.3. The van der Waals surface area contributed by atoms with Crippen molar-refractivity contribution in [2.75, 3.05) is 26.0 Å². The van der Waals surface area contributed by atoms with E-state index in [9.17, 15) is 14.7 Å². The SMILES string of the molecule is CCC(C)(CNc1ccc(C(=O)N(C)C)cn1)C(=O)O. The Morgan fingerprint density at radius 2 is 2.05 bits per heavy atom. The van der Waals surface area contributed by atoms with Gasteiger partial charge in [0.25, 0.3) is 5.91 Å². The van der Waals surface area contributed by atoms with Crippen LogP contribution in [0.5, 0.6) is 0 Å². The smallest absolute Gasteiger partial charge is 0.311 e. The molecule has 6 heteroatoms. The van der Waals surface area contributed by atoms with E-state index in [0.717, 1.165) is 0 Å². The largest absolute Gasteiger partial charge is 0.481 e. The van der Waals surface area contributed by atoms with E-state index < -0.39 is 11.4 Å². The van der Waals surface area contributed by atoms with Gasteiger partial charge in [0.1, 0.15) is 5.82 Å². The second-order valence-corrected chi connectivity index (χ2v) is 5.20. The summed E-state index contributed by atoms with van der Waals surface area (Å²) in [6, 6.07) is 3.34. The maximum atomic E-state index is 11.7. The summed E-state index contributed by atoms with van der Waals surface area (Å²) < 4.78 is 0. The lowest BCUT2D eigenvalue weighted by Crippen LogP contribution is -2.34. The third-order valence-electron chi connectivity index (χ3n) is 3.37. The predicted molar refractivity (Wildman–Crippen MR) is 76.8 cm³/mol. The number of carboxylic acids is 1. The lowest BCUT2D eigenvalue weighted by Gasteiger charge is -2.23. The van der Waals surface area contributed by atoms with E-state index in [-0.39, 0.29) is 12.5 Å². The molecule has 0 aliphatic rings. The normalized spacial score (nSPS) is 13.4. The van der Waals surface area contributed by atoms with Crippen LogP contribution in [0.15, 0.2) is 18.3 Å². The molecule has 0 bridgehead atoms. The standard InChI is InChI=1S/C14H21N3O3/c1-5-14(2,13(19)20)9-16-11-7-6-10(8-15-11)12(18)17(3)4/h6-8H,5,9H2,1-4H3,(H,15,16)(H,19,20). The van der Waals surface area contributed by atoms with Crippen molar-refractivity contribution in [2.24, 2.45) is 5.41 Å². The van der Waals surface area contributed by atoms with Gasteiger partial charge >= 0.3 is 5.97 Å². The lowest BCUT2D eigenvalue weighted by molar-refractivity contribution is -0.147. The van der Waals surface area contributed by atoms with Crippen molar-refractivity contribution in [3.8, 4) is 0 Å². The number of hydrogen-bond acceptors (Lipinski definition) is 4. The summed E-state index contributed by atoms with van der Waals surface area (Å²) in [5.74, 6) is -0.402. The molecule has 0 fully saturated rings. The molecule has 6 nitrogen and oxygen atoms in total. The van der Waals surface area contributed by atoms with Crippen molar-refractivity contribution in [2.45, 2.75) is 20.3 Å². The highest BCUT2D eigenvalue weighted by Crippen LogP contribution is 2.21. The zero-order valence-corrected chi connectivity index (χ0v) is 12.3. The fourth-order valence-corrected chi connectivity index (χ4v) is 1.52. The van der Waals surface area contributed by atoms with Crippen LogP contribution in [0, 0.1) is 5.41 Å². The van der Waals surface area contributed by atoms with Gasteiger partial charge in [-0.2, -0.15) is 0 Å². The van der Waals surface area contributed by atoms with Gasteiger partial charge in [-0.25, -0.2) is 4.98 Å². The van der Waals surface area contributed by atoms with Crippen molar-refractivity contribution in [1.29, 1.82) is 0 Å². The van der Waals surface area contributed by atoms with E-state index in [0.29, 0.717) is 17.8 Å². The van der Waals surface area contributed by atoms with E-state index in [1.54, 1.807) is 33.2 Å². The number of nitrogens with zero attached hydrogens (tertiary/aromatic N) is 2. The first-order valence-electron chi connectivity index (χ1n) is 6.45. The molecule has 0 aliphatic heterocycles. The quantitative estimate of drug-likeness (QED) is 0.828. The molecular formula is C14H21N3O3. The average molecular weight is 279 g/mol. The first kappa shape index (κ1) is 15.9. The Balaban J connectivity index is 2.71. The predicted octanol–water partition coefficient (Wildman–Crippen LogP) is 1.70. The maximum Gasteiger partial charge on any atom is 0.311 e. The second kappa shape index (κ2) is 6.36. The minimum Gasteiger partial charge on any atom is -0.481 e. The van der Waals surface area contributed by atoms with Crippen molar-refractivity contribution < 1.29 is 14.7 Å². The Hall–Kier alpha value is -2.11. The zero-order valence-electron chi connectivity index (χ0n) is 12.3.